The van der Waals surface area contributed by atoms with Crippen molar-refractivity contribution in [3.8, 4) is 0 Å². The van der Waals surface area contributed by atoms with Gasteiger partial charge in [0, 0.05) is 17.5 Å². The van der Waals surface area contributed by atoms with Crippen molar-refractivity contribution in [3.63, 3.8) is 0 Å². The van der Waals surface area contributed by atoms with Gasteiger partial charge < -0.3 is 10.6 Å². The Kier molecular flexibility index (Phi) is 4.57. The topological polar surface area (TPSA) is 41.1 Å². The van der Waals surface area contributed by atoms with Gasteiger partial charge in [0.25, 0.3) is 0 Å². The molecule has 1 aliphatic heterocycles. The van der Waals surface area contributed by atoms with E-state index in [0.717, 1.165) is 32.2 Å². The van der Waals surface area contributed by atoms with E-state index in [1.54, 1.807) is 11.3 Å². The van der Waals surface area contributed by atoms with Crippen LogP contribution in [-0.4, -0.2) is 24.5 Å². The predicted molar refractivity (Wildman–Crippen MR) is 71.3 cm³/mol. The third-order valence-electron chi connectivity index (χ3n) is 3.11. The van der Waals surface area contributed by atoms with Crippen LogP contribution in [0.1, 0.15) is 31.1 Å². The normalized spacial score (nSPS) is 22.9. The van der Waals surface area contributed by atoms with Gasteiger partial charge in [-0.2, -0.15) is 0 Å². The number of carbonyl (C=O) groups excluding carboxylic acids is 1. The molecule has 94 valence electrons. The molecule has 0 bridgehead atoms. The molecule has 0 spiro atoms. The monoisotopic (exact) mass is 252 g/mol. The molecule has 1 fully saturated rings. The van der Waals surface area contributed by atoms with Crippen molar-refractivity contribution in [1.29, 1.82) is 0 Å². The summed E-state index contributed by atoms with van der Waals surface area (Å²) in [6, 6.07) is 4.57. The van der Waals surface area contributed by atoms with Crippen molar-refractivity contribution in [2.75, 3.05) is 6.54 Å². The lowest BCUT2D eigenvalue weighted by atomic mass is 10.1. The summed E-state index contributed by atoms with van der Waals surface area (Å²) < 4.78 is 0. The maximum atomic E-state index is 11.8. The van der Waals surface area contributed by atoms with Crippen LogP contribution in [0.15, 0.2) is 17.5 Å². The predicted octanol–water partition coefficient (Wildman–Crippen LogP) is 1.94. The van der Waals surface area contributed by atoms with E-state index >= 15 is 0 Å². The van der Waals surface area contributed by atoms with Gasteiger partial charge in [0.1, 0.15) is 0 Å². The Morgan fingerprint density at radius 3 is 3.24 bits per heavy atom. The molecule has 2 rings (SSSR count). The van der Waals surface area contributed by atoms with E-state index in [9.17, 15) is 4.79 Å². The van der Waals surface area contributed by atoms with E-state index < -0.39 is 0 Å². The van der Waals surface area contributed by atoms with Gasteiger partial charge in [-0.15, -0.1) is 11.3 Å². The van der Waals surface area contributed by atoms with E-state index in [0.29, 0.717) is 6.04 Å². The van der Waals surface area contributed by atoms with Crippen LogP contribution in [0.4, 0.5) is 0 Å². The molecule has 1 saturated heterocycles. The molecule has 1 aromatic heterocycles. The molecular formula is C13H20N2OS. The quantitative estimate of drug-likeness (QED) is 0.860. The van der Waals surface area contributed by atoms with Gasteiger partial charge in [-0.3, -0.25) is 4.79 Å². The maximum absolute atomic E-state index is 11.8. The first-order chi connectivity index (χ1) is 8.25. The molecule has 2 unspecified atom stereocenters. The lowest BCUT2D eigenvalue weighted by Gasteiger charge is -2.20. The average Bonchev–Trinajstić information content (AvgIpc) is 2.71. The molecule has 1 aromatic rings. The molecule has 0 aliphatic carbocycles. The zero-order valence-corrected chi connectivity index (χ0v) is 11.1. The number of nitrogens with one attached hydrogen (secondary N) is 2. The minimum Gasteiger partial charge on any atom is -0.355 e. The lowest BCUT2D eigenvalue weighted by Crippen LogP contribution is -2.46. The number of thiophene rings is 1. The first-order valence-electron chi connectivity index (χ1n) is 6.32. The molecular weight excluding hydrogens is 232 g/mol. The van der Waals surface area contributed by atoms with Crippen molar-refractivity contribution in [2.45, 2.75) is 44.7 Å². The van der Waals surface area contributed by atoms with Gasteiger partial charge >= 0.3 is 0 Å². The van der Waals surface area contributed by atoms with Crippen LogP contribution in [0.5, 0.6) is 0 Å². The average molecular weight is 252 g/mol. The summed E-state index contributed by atoms with van der Waals surface area (Å²) in [4.78, 5) is 13.2. The molecule has 4 heteroatoms. The third-order valence-corrected chi connectivity index (χ3v) is 4.01. The highest BCUT2D eigenvalue weighted by atomic mass is 32.1. The van der Waals surface area contributed by atoms with Crippen molar-refractivity contribution in [1.82, 2.24) is 10.6 Å². The number of hydrogen-bond donors (Lipinski definition) is 2. The summed E-state index contributed by atoms with van der Waals surface area (Å²) in [5.41, 5.74) is 0. The second-order valence-corrected chi connectivity index (χ2v) is 5.72. The van der Waals surface area contributed by atoms with E-state index in [2.05, 4.69) is 35.1 Å². The molecule has 17 heavy (non-hydrogen) atoms. The largest absolute Gasteiger partial charge is 0.355 e. The molecule has 1 amide bonds. The summed E-state index contributed by atoms with van der Waals surface area (Å²) in [6.45, 7) is 2.98. The van der Waals surface area contributed by atoms with E-state index in [1.807, 2.05) is 0 Å². The first-order valence-corrected chi connectivity index (χ1v) is 7.20. The van der Waals surface area contributed by atoms with Crippen molar-refractivity contribution in [3.05, 3.63) is 22.4 Å². The standard InChI is InChI=1S/C13H20N2OS/c1-10(9-11-5-4-8-17-11)15-12-6-2-3-7-14-13(12)16/h4-5,8,10,12,15H,2-3,6-7,9H2,1H3,(H,14,16). The molecule has 0 aromatic carbocycles. The fourth-order valence-corrected chi connectivity index (χ4v) is 3.07. The van der Waals surface area contributed by atoms with Gasteiger partial charge in [0.2, 0.25) is 5.91 Å². The fourth-order valence-electron chi connectivity index (χ4n) is 2.23. The Balaban J connectivity index is 1.84. The van der Waals surface area contributed by atoms with Gasteiger partial charge in [-0.1, -0.05) is 6.07 Å². The molecule has 2 heterocycles. The molecule has 2 N–H and O–H groups in total. The Hall–Kier alpha value is -0.870. The van der Waals surface area contributed by atoms with Crippen molar-refractivity contribution < 1.29 is 4.79 Å². The minimum absolute atomic E-state index is 0.00698. The highest BCUT2D eigenvalue weighted by molar-refractivity contribution is 7.09. The highest BCUT2D eigenvalue weighted by Crippen LogP contribution is 2.12. The number of rotatable bonds is 4. The Morgan fingerprint density at radius 1 is 1.59 bits per heavy atom. The molecule has 3 nitrogen and oxygen atoms in total. The summed E-state index contributed by atoms with van der Waals surface area (Å²) >= 11 is 1.78. The molecule has 0 saturated carbocycles. The van der Waals surface area contributed by atoms with Gasteiger partial charge in [-0.25, -0.2) is 0 Å². The zero-order chi connectivity index (χ0) is 12.1. The van der Waals surface area contributed by atoms with E-state index in [4.69, 9.17) is 0 Å². The van der Waals surface area contributed by atoms with Crippen LogP contribution in [0.3, 0.4) is 0 Å². The third kappa shape index (κ3) is 3.82. The van der Waals surface area contributed by atoms with Gasteiger partial charge in [-0.05, 0) is 44.1 Å². The summed E-state index contributed by atoms with van der Waals surface area (Å²) in [6.07, 6.45) is 4.19. The van der Waals surface area contributed by atoms with Crippen LogP contribution in [0, 0.1) is 0 Å². The summed E-state index contributed by atoms with van der Waals surface area (Å²) in [5.74, 6) is 0.167. The Bertz CT molecular complexity index is 350. The van der Waals surface area contributed by atoms with E-state index in [1.165, 1.54) is 4.88 Å². The zero-order valence-electron chi connectivity index (χ0n) is 10.2. The van der Waals surface area contributed by atoms with E-state index in [-0.39, 0.29) is 11.9 Å². The second-order valence-electron chi connectivity index (χ2n) is 4.69. The van der Waals surface area contributed by atoms with Gasteiger partial charge in [0.05, 0.1) is 6.04 Å². The van der Waals surface area contributed by atoms with Crippen LogP contribution in [0.25, 0.3) is 0 Å². The summed E-state index contributed by atoms with van der Waals surface area (Å²) in [7, 11) is 0. The molecule has 2 atom stereocenters. The smallest absolute Gasteiger partial charge is 0.237 e. The first kappa shape index (κ1) is 12.6. The van der Waals surface area contributed by atoms with Crippen molar-refractivity contribution in [2.24, 2.45) is 0 Å². The molecule has 0 radical (unpaired) electrons. The van der Waals surface area contributed by atoms with Crippen LogP contribution < -0.4 is 10.6 Å². The number of carbonyl (C=O) groups is 1. The number of amides is 1. The fraction of sp³-hybridized carbons (Fsp3) is 0.615. The Labute approximate surface area is 107 Å². The number of hydrogen-bond acceptors (Lipinski definition) is 3. The highest BCUT2D eigenvalue weighted by Gasteiger charge is 2.21. The van der Waals surface area contributed by atoms with Crippen LogP contribution in [0.2, 0.25) is 0 Å². The van der Waals surface area contributed by atoms with Crippen LogP contribution in [-0.2, 0) is 11.2 Å². The maximum Gasteiger partial charge on any atom is 0.237 e. The summed E-state index contributed by atoms with van der Waals surface area (Å²) in [5, 5.41) is 8.50. The Morgan fingerprint density at radius 2 is 2.47 bits per heavy atom. The molecule has 1 aliphatic rings. The van der Waals surface area contributed by atoms with Crippen LogP contribution >= 0.6 is 11.3 Å². The van der Waals surface area contributed by atoms with Crippen molar-refractivity contribution >= 4 is 17.2 Å². The SMILES string of the molecule is CC(Cc1cccs1)NC1CCCCNC1=O. The minimum atomic E-state index is -0.00698. The van der Waals surface area contributed by atoms with Gasteiger partial charge in [0.15, 0.2) is 0 Å². The lowest BCUT2D eigenvalue weighted by molar-refractivity contribution is -0.123. The second kappa shape index (κ2) is 6.17.